The number of nitrogens with one attached hydrogen (secondary N) is 1. The molecule has 5 heteroatoms. The molecule has 0 aliphatic rings. The Morgan fingerprint density at radius 1 is 1.12 bits per heavy atom. The van der Waals surface area contributed by atoms with Crippen LogP contribution in [0.4, 0.5) is 5.82 Å². The molecule has 0 aliphatic carbocycles. The third kappa shape index (κ3) is 4.38. The molecule has 2 aromatic heterocycles. The van der Waals surface area contributed by atoms with Crippen molar-refractivity contribution >= 4 is 11.7 Å². The van der Waals surface area contributed by atoms with Crippen LogP contribution in [-0.2, 0) is 16.6 Å². The van der Waals surface area contributed by atoms with Crippen LogP contribution in [0.5, 0.6) is 0 Å². The smallest absolute Gasteiger partial charge is 0.226 e. The maximum absolute atomic E-state index is 12.1. The van der Waals surface area contributed by atoms with Gasteiger partial charge in [0.1, 0.15) is 17.3 Å². The molecule has 25 heavy (non-hydrogen) atoms. The minimum Gasteiger partial charge on any atom is -0.461 e. The first-order chi connectivity index (χ1) is 11.9. The van der Waals surface area contributed by atoms with Crippen LogP contribution in [0.2, 0.25) is 0 Å². The van der Waals surface area contributed by atoms with Gasteiger partial charge in [-0.25, -0.2) is 0 Å². The first-order valence-corrected chi connectivity index (χ1v) is 8.33. The Hall–Kier alpha value is -2.82. The van der Waals surface area contributed by atoms with Gasteiger partial charge in [0.25, 0.3) is 0 Å². The van der Waals surface area contributed by atoms with Crippen LogP contribution in [0.25, 0.3) is 11.3 Å². The fourth-order valence-electron chi connectivity index (χ4n) is 2.40. The van der Waals surface area contributed by atoms with Gasteiger partial charge in [-0.2, -0.15) is 0 Å². The molecule has 1 amide bonds. The van der Waals surface area contributed by atoms with Crippen molar-refractivity contribution in [1.82, 2.24) is 5.16 Å². The van der Waals surface area contributed by atoms with Gasteiger partial charge in [0.2, 0.25) is 5.91 Å². The third-order valence-electron chi connectivity index (χ3n) is 3.84. The molecule has 2 heterocycles. The first-order valence-electron chi connectivity index (χ1n) is 8.33. The molecule has 0 fully saturated rings. The maximum atomic E-state index is 12.1. The number of nitrogens with zero attached hydrogens (tertiary/aromatic N) is 1. The van der Waals surface area contributed by atoms with E-state index in [1.165, 1.54) is 0 Å². The van der Waals surface area contributed by atoms with E-state index in [4.69, 9.17) is 8.94 Å². The summed E-state index contributed by atoms with van der Waals surface area (Å²) >= 11 is 0. The molecule has 1 aromatic carbocycles. The quantitative estimate of drug-likeness (QED) is 0.725. The summed E-state index contributed by atoms with van der Waals surface area (Å²) < 4.78 is 11.1. The molecule has 3 aromatic rings. The van der Waals surface area contributed by atoms with Gasteiger partial charge in [-0.05, 0) is 12.1 Å². The Balaban J connectivity index is 1.54. The molecule has 5 nitrogen and oxygen atoms in total. The minimum atomic E-state index is -0.141. The van der Waals surface area contributed by atoms with E-state index in [0.29, 0.717) is 18.7 Å². The van der Waals surface area contributed by atoms with E-state index in [2.05, 4.69) is 10.5 Å². The molecular formula is C20H22N2O3. The zero-order chi connectivity index (χ0) is 17.9. The summed E-state index contributed by atoms with van der Waals surface area (Å²) in [6.45, 7) is 6.08. The standard InChI is InChI=1S/C20H22N2O3/c1-20(2,3)17-13-18(22-25-17)21-19(23)12-10-15-9-11-16(24-15)14-7-5-4-6-8-14/h4-9,11,13H,10,12H2,1-3H3,(H,21,22,23). The number of rotatable bonds is 5. The number of amides is 1. The lowest BCUT2D eigenvalue weighted by molar-refractivity contribution is -0.116. The number of carbonyl (C=O) groups is 1. The Morgan fingerprint density at radius 2 is 1.88 bits per heavy atom. The number of carbonyl (C=O) groups excluding carboxylic acids is 1. The van der Waals surface area contributed by atoms with Crippen molar-refractivity contribution in [2.24, 2.45) is 0 Å². The van der Waals surface area contributed by atoms with Crippen LogP contribution >= 0.6 is 0 Å². The zero-order valence-electron chi connectivity index (χ0n) is 14.7. The lowest BCUT2D eigenvalue weighted by Gasteiger charge is -2.11. The largest absolute Gasteiger partial charge is 0.461 e. The highest BCUT2D eigenvalue weighted by atomic mass is 16.5. The summed E-state index contributed by atoms with van der Waals surface area (Å²) in [7, 11) is 0. The van der Waals surface area contributed by atoms with E-state index in [-0.39, 0.29) is 11.3 Å². The van der Waals surface area contributed by atoms with E-state index in [1.54, 1.807) is 6.07 Å². The average molecular weight is 338 g/mol. The van der Waals surface area contributed by atoms with Crippen molar-refractivity contribution < 1.29 is 13.7 Å². The highest BCUT2D eigenvalue weighted by Crippen LogP contribution is 2.25. The molecule has 3 rings (SSSR count). The zero-order valence-corrected chi connectivity index (χ0v) is 14.7. The molecule has 130 valence electrons. The highest BCUT2D eigenvalue weighted by molar-refractivity contribution is 5.89. The second-order valence-electron chi connectivity index (χ2n) is 7.01. The number of aromatic nitrogens is 1. The first kappa shape index (κ1) is 17.0. The van der Waals surface area contributed by atoms with Gasteiger partial charge in [-0.1, -0.05) is 56.3 Å². The molecule has 0 atom stereocenters. The Morgan fingerprint density at radius 3 is 2.56 bits per heavy atom. The highest BCUT2D eigenvalue weighted by Gasteiger charge is 2.20. The van der Waals surface area contributed by atoms with Crippen molar-refractivity contribution in [1.29, 1.82) is 0 Å². The predicted octanol–water partition coefficient (Wildman–Crippen LogP) is 4.80. The van der Waals surface area contributed by atoms with Crippen molar-refractivity contribution in [3.63, 3.8) is 0 Å². The van der Waals surface area contributed by atoms with Gasteiger partial charge in [-0.3, -0.25) is 4.79 Å². The van der Waals surface area contributed by atoms with E-state index in [1.807, 2.05) is 63.2 Å². The van der Waals surface area contributed by atoms with Crippen molar-refractivity contribution in [2.75, 3.05) is 5.32 Å². The molecule has 0 spiro atoms. The lowest BCUT2D eigenvalue weighted by Crippen LogP contribution is -2.12. The monoisotopic (exact) mass is 338 g/mol. The number of benzene rings is 1. The van der Waals surface area contributed by atoms with E-state index >= 15 is 0 Å². The summed E-state index contributed by atoms with van der Waals surface area (Å²) in [6.07, 6.45) is 0.849. The Bertz CT molecular complexity index is 841. The van der Waals surface area contributed by atoms with Gasteiger partial charge in [0.05, 0.1) is 0 Å². The summed E-state index contributed by atoms with van der Waals surface area (Å²) in [5.74, 6) is 2.65. The summed E-state index contributed by atoms with van der Waals surface area (Å²) in [4.78, 5) is 12.1. The number of hydrogen-bond donors (Lipinski definition) is 1. The lowest BCUT2D eigenvalue weighted by atomic mass is 9.93. The minimum absolute atomic E-state index is 0.119. The van der Waals surface area contributed by atoms with E-state index in [0.717, 1.165) is 22.8 Å². The van der Waals surface area contributed by atoms with Gasteiger partial charge in [0, 0.05) is 29.9 Å². The van der Waals surface area contributed by atoms with Crippen LogP contribution in [0.1, 0.15) is 38.7 Å². The molecule has 0 unspecified atom stereocenters. The molecular weight excluding hydrogens is 316 g/mol. The van der Waals surface area contributed by atoms with Crippen molar-refractivity contribution in [3.05, 3.63) is 60.1 Å². The maximum Gasteiger partial charge on any atom is 0.226 e. The summed E-state index contributed by atoms with van der Waals surface area (Å²) in [6, 6.07) is 15.5. The molecule has 0 radical (unpaired) electrons. The predicted molar refractivity (Wildman–Crippen MR) is 96.3 cm³/mol. The van der Waals surface area contributed by atoms with Crippen LogP contribution in [0, 0.1) is 0 Å². The fourth-order valence-corrected chi connectivity index (χ4v) is 2.40. The Kier molecular flexibility index (Phi) is 4.74. The van der Waals surface area contributed by atoms with Crippen molar-refractivity contribution in [2.45, 2.75) is 39.0 Å². The second-order valence-corrected chi connectivity index (χ2v) is 7.01. The normalized spacial score (nSPS) is 11.5. The van der Waals surface area contributed by atoms with Gasteiger partial charge < -0.3 is 14.3 Å². The average Bonchev–Trinajstić information content (AvgIpc) is 3.23. The van der Waals surface area contributed by atoms with Crippen LogP contribution in [-0.4, -0.2) is 11.1 Å². The fraction of sp³-hybridized carbons (Fsp3) is 0.300. The Labute approximate surface area is 147 Å². The molecule has 0 bridgehead atoms. The van der Waals surface area contributed by atoms with Gasteiger partial charge >= 0.3 is 0 Å². The topological polar surface area (TPSA) is 68.3 Å². The summed E-state index contributed by atoms with van der Waals surface area (Å²) in [5.41, 5.74) is 0.883. The van der Waals surface area contributed by atoms with Crippen molar-refractivity contribution in [3.8, 4) is 11.3 Å². The molecule has 0 aliphatic heterocycles. The van der Waals surface area contributed by atoms with E-state index in [9.17, 15) is 4.79 Å². The van der Waals surface area contributed by atoms with Gasteiger partial charge in [-0.15, -0.1) is 0 Å². The van der Waals surface area contributed by atoms with E-state index < -0.39 is 0 Å². The van der Waals surface area contributed by atoms with Crippen LogP contribution in [0.15, 0.2) is 57.5 Å². The van der Waals surface area contributed by atoms with Crippen LogP contribution < -0.4 is 5.32 Å². The second kappa shape index (κ2) is 6.97. The molecule has 0 saturated heterocycles. The molecule has 0 saturated carbocycles. The molecule has 1 N–H and O–H groups in total. The number of hydrogen-bond acceptors (Lipinski definition) is 4. The number of anilines is 1. The SMILES string of the molecule is CC(C)(C)c1cc(NC(=O)CCc2ccc(-c3ccccc3)o2)no1. The number of furan rings is 1. The number of aryl methyl sites for hydroxylation is 1. The summed E-state index contributed by atoms with van der Waals surface area (Å²) in [5, 5.41) is 6.65. The van der Waals surface area contributed by atoms with Gasteiger partial charge in [0.15, 0.2) is 5.82 Å². The van der Waals surface area contributed by atoms with Crippen LogP contribution in [0.3, 0.4) is 0 Å². The third-order valence-corrected chi connectivity index (χ3v) is 3.84.